The van der Waals surface area contributed by atoms with E-state index in [2.05, 4.69) is 31.7 Å². The summed E-state index contributed by atoms with van der Waals surface area (Å²) in [6.07, 6.45) is 3.47. The quantitative estimate of drug-likeness (QED) is 0.473. The molecule has 0 aromatic heterocycles. The first-order chi connectivity index (χ1) is 9.24. The first-order valence-electron chi connectivity index (χ1n) is 7.07. The van der Waals surface area contributed by atoms with Crippen molar-refractivity contribution in [2.45, 2.75) is 50.6 Å². The molecule has 0 aliphatic carbocycles. The summed E-state index contributed by atoms with van der Waals surface area (Å²) in [7, 11) is -0.877. The lowest BCUT2D eigenvalue weighted by molar-refractivity contribution is 0.260. The standard InChI is InChI=1S/C15H25O2PS/c1-4-7-11-14(18(16-5-2)17-6-3)13-10-8-9-12-15(13)19/h8-10,12,14,19H,4-7,11H2,1-3H3. The molecule has 0 aliphatic heterocycles. The lowest BCUT2D eigenvalue weighted by Gasteiger charge is -2.27. The maximum atomic E-state index is 5.86. The Morgan fingerprint density at radius 2 is 1.74 bits per heavy atom. The van der Waals surface area contributed by atoms with Crippen LogP contribution in [0, 0.1) is 0 Å². The molecule has 1 aromatic rings. The summed E-state index contributed by atoms with van der Waals surface area (Å²) < 4.78 is 11.7. The normalized spacial score (nSPS) is 12.9. The molecule has 2 nitrogen and oxygen atoms in total. The first kappa shape index (κ1) is 17.0. The predicted molar refractivity (Wildman–Crippen MR) is 86.1 cm³/mol. The van der Waals surface area contributed by atoms with Crippen LogP contribution >= 0.6 is 21.0 Å². The Morgan fingerprint density at radius 1 is 1.11 bits per heavy atom. The third kappa shape index (κ3) is 5.43. The Morgan fingerprint density at radius 3 is 2.26 bits per heavy atom. The average Bonchev–Trinajstić information content (AvgIpc) is 2.41. The van der Waals surface area contributed by atoms with Gasteiger partial charge in [-0.3, -0.25) is 0 Å². The summed E-state index contributed by atoms with van der Waals surface area (Å²) in [5.41, 5.74) is 1.58. The van der Waals surface area contributed by atoms with Crippen molar-refractivity contribution in [2.75, 3.05) is 13.2 Å². The Balaban J connectivity index is 2.94. The summed E-state index contributed by atoms with van der Waals surface area (Å²) in [6.45, 7) is 7.66. The minimum absolute atomic E-state index is 0.323. The molecule has 4 heteroatoms. The Kier molecular flexibility index (Phi) is 8.72. The SMILES string of the molecule is CCCCC(c1ccccc1S)P(OCC)OCC. The van der Waals surface area contributed by atoms with Gasteiger partial charge in [0.05, 0.1) is 18.9 Å². The van der Waals surface area contributed by atoms with Crippen LogP contribution < -0.4 is 0 Å². The number of unbranched alkanes of at least 4 members (excludes halogenated alkanes) is 1. The molecule has 0 radical (unpaired) electrons. The molecule has 0 saturated carbocycles. The molecule has 1 unspecified atom stereocenters. The second-order valence-corrected chi connectivity index (χ2v) is 6.53. The molecule has 0 heterocycles. The molecule has 1 atom stereocenters. The smallest absolute Gasteiger partial charge is 0.178 e. The van der Waals surface area contributed by atoms with Crippen LogP contribution in [0.2, 0.25) is 0 Å². The van der Waals surface area contributed by atoms with Gasteiger partial charge < -0.3 is 9.05 Å². The number of hydrogen-bond donors (Lipinski definition) is 1. The molecule has 0 spiro atoms. The maximum absolute atomic E-state index is 5.86. The molecular formula is C15H25O2PS. The van der Waals surface area contributed by atoms with Gasteiger partial charge in [-0.2, -0.15) is 0 Å². The van der Waals surface area contributed by atoms with Crippen LogP contribution in [0.4, 0.5) is 0 Å². The fraction of sp³-hybridized carbons (Fsp3) is 0.600. The number of benzene rings is 1. The molecule has 0 amide bonds. The number of hydrogen-bond acceptors (Lipinski definition) is 3. The van der Waals surface area contributed by atoms with E-state index in [1.165, 1.54) is 18.4 Å². The molecular weight excluding hydrogens is 275 g/mol. The van der Waals surface area contributed by atoms with Crippen LogP contribution in [-0.4, -0.2) is 13.2 Å². The highest BCUT2D eigenvalue weighted by atomic mass is 32.1. The second kappa shape index (κ2) is 9.77. The van der Waals surface area contributed by atoms with Gasteiger partial charge in [0.1, 0.15) is 0 Å². The van der Waals surface area contributed by atoms with Crippen molar-refractivity contribution < 1.29 is 9.05 Å². The molecule has 1 rings (SSSR count). The van der Waals surface area contributed by atoms with E-state index in [0.717, 1.165) is 11.3 Å². The van der Waals surface area contributed by atoms with E-state index < -0.39 is 8.38 Å². The van der Waals surface area contributed by atoms with Gasteiger partial charge in [0.15, 0.2) is 8.38 Å². The zero-order valence-electron chi connectivity index (χ0n) is 12.1. The summed E-state index contributed by atoms with van der Waals surface area (Å²) in [4.78, 5) is 1.04. The van der Waals surface area contributed by atoms with Crippen molar-refractivity contribution in [3.63, 3.8) is 0 Å². The molecule has 0 saturated heterocycles. The van der Waals surface area contributed by atoms with E-state index in [0.29, 0.717) is 18.9 Å². The lowest BCUT2D eigenvalue weighted by atomic mass is 10.1. The van der Waals surface area contributed by atoms with Gasteiger partial charge in [-0.1, -0.05) is 38.0 Å². The summed E-state index contributed by atoms with van der Waals surface area (Å²) in [5.74, 6) is 0. The maximum Gasteiger partial charge on any atom is 0.178 e. The van der Waals surface area contributed by atoms with Crippen LogP contribution in [-0.2, 0) is 9.05 Å². The van der Waals surface area contributed by atoms with E-state index in [-0.39, 0.29) is 0 Å². The van der Waals surface area contributed by atoms with E-state index >= 15 is 0 Å². The van der Waals surface area contributed by atoms with Gasteiger partial charge in [-0.05, 0) is 31.9 Å². The minimum Gasteiger partial charge on any atom is -0.334 e. The van der Waals surface area contributed by atoms with Crippen LogP contribution in [0.3, 0.4) is 0 Å². The third-order valence-corrected chi connectivity index (χ3v) is 5.37. The monoisotopic (exact) mass is 300 g/mol. The van der Waals surface area contributed by atoms with Crippen molar-refractivity contribution in [1.82, 2.24) is 0 Å². The van der Waals surface area contributed by atoms with E-state index in [1.54, 1.807) is 0 Å². The largest absolute Gasteiger partial charge is 0.334 e. The molecule has 108 valence electrons. The second-order valence-electron chi connectivity index (χ2n) is 4.34. The van der Waals surface area contributed by atoms with E-state index in [4.69, 9.17) is 9.05 Å². The van der Waals surface area contributed by atoms with Crippen LogP contribution in [0.15, 0.2) is 29.2 Å². The van der Waals surface area contributed by atoms with Gasteiger partial charge in [0.25, 0.3) is 0 Å². The molecule has 0 aliphatic rings. The Labute approximate surface area is 124 Å². The third-order valence-electron chi connectivity index (χ3n) is 2.89. The van der Waals surface area contributed by atoms with E-state index in [9.17, 15) is 0 Å². The molecule has 19 heavy (non-hydrogen) atoms. The minimum atomic E-state index is -0.877. The van der Waals surface area contributed by atoms with E-state index in [1.807, 2.05) is 26.0 Å². The molecule has 0 fully saturated rings. The van der Waals surface area contributed by atoms with Crippen LogP contribution in [0.5, 0.6) is 0 Å². The summed E-state index contributed by atoms with van der Waals surface area (Å²) in [6, 6.07) is 8.28. The fourth-order valence-corrected chi connectivity index (χ4v) is 4.22. The van der Waals surface area contributed by atoms with Crippen molar-refractivity contribution in [1.29, 1.82) is 0 Å². The van der Waals surface area contributed by atoms with Gasteiger partial charge in [-0.25, -0.2) is 0 Å². The van der Waals surface area contributed by atoms with Crippen molar-refractivity contribution in [3.05, 3.63) is 29.8 Å². The highest BCUT2D eigenvalue weighted by Gasteiger charge is 2.26. The predicted octanol–water partition coefficient (Wildman–Crippen LogP) is 5.59. The molecule has 0 N–H and O–H groups in total. The van der Waals surface area contributed by atoms with Gasteiger partial charge >= 0.3 is 0 Å². The summed E-state index contributed by atoms with van der Waals surface area (Å²) >= 11 is 4.59. The Hall–Kier alpha value is -0.0800. The van der Waals surface area contributed by atoms with Gasteiger partial charge in [0.2, 0.25) is 0 Å². The van der Waals surface area contributed by atoms with Crippen LogP contribution in [0.1, 0.15) is 51.3 Å². The van der Waals surface area contributed by atoms with Crippen molar-refractivity contribution in [3.8, 4) is 0 Å². The number of rotatable bonds is 9. The zero-order chi connectivity index (χ0) is 14.1. The fourth-order valence-electron chi connectivity index (χ4n) is 2.01. The topological polar surface area (TPSA) is 18.5 Å². The highest BCUT2D eigenvalue weighted by molar-refractivity contribution is 7.80. The molecule has 0 bridgehead atoms. The van der Waals surface area contributed by atoms with Gasteiger partial charge in [-0.15, -0.1) is 12.6 Å². The first-order valence-corrected chi connectivity index (χ1v) is 8.76. The Bertz CT molecular complexity index is 354. The van der Waals surface area contributed by atoms with Crippen molar-refractivity contribution in [2.24, 2.45) is 0 Å². The van der Waals surface area contributed by atoms with Gasteiger partial charge in [0, 0.05) is 4.90 Å². The average molecular weight is 300 g/mol. The number of thiol groups is 1. The van der Waals surface area contributed by atoms with Crippen LogP contribution in [0.25, 0.3) is 0 Å². The zero-order valence-corrected chi connectivity index (χ0v) is 13.9. The summed E-state index contributed by atoms with van der Waals surface area (Å²) in [5, 5.41) is 0. The van der Waals surface area contributed by atoms with Crippen molar-refractivity contribution >= 4 is 21.0 Å². The highest BCUT2D eigenvalue weighted by Crippen LogP contribution is 2.56. The molecule has 1 aromatic carbocycles. The lowest BCUT2D eigenvalue weighted by Crippen LogP contribution is -2.04.